The highest BCUT2D eigenvalue weighted by molar-refractivity contribution is 7.89. The molecule has 1 aromatic carbocycles. The Balaban J connectivity index is 0.00000220. The lowest BCUT2D eigenvalue weighted by Crippen LogP contribution is -2.44. The van der Waals surface area contributed by atoms with Gasteiger partial charge in [-0.15, -0.1) is 12.4 Å². The van der Waals surface area contributed by atoms with Crippen LogP contribution in [0, 0.1) is 11.7 Å². The zero-order valence-corrected chi connectivity index (χ0v) is 13.8. The second-order valence-corrected chi connectivity index (χ2v) is 7.17. The molecule has 0 aliphatic heterocycles. The first-order chi connectivity index (χ1) is 9.44. The molecule has 0 aromatic heterocycles. The summed E-state index contributed by atoms with van der Waals surface area (Å²) in [5.41, 5.74) is 5.67. The fourth-order valence-electron chi connectivity index (χ4n) is 2.64. The summed E-state index contributed by atoms with van der Waals surface area (Å²) in [6, 6.07) is 2.95. The summed E-state index contributed by atoms with van der Waals surface area (Å²) in [6.07, 6.45) is 4.09. The smallest absolute Gasteiger partial charge is 0.242 e. The molecule has 8 heteroatoms. The Morgan fingerprint density at radius 3 is 2.57 bits per heavy atom. The molecule has 2 rings (SSSR count). The lowest BCUT2D eigenvalue weighted by Gasteiger charge is -2.23. The minimum Gasteiger partial charge on any atom is -0.329 e. The van der Waals surface area contributed by atoms with Crippen LogP contribution in [0.25, 0.3) is 0 Å². The molecule has 1 unspecified atom stereocenters. The van der Waals surface area contributed by atoms with E-state index in [1.54, 1.807) is 0 Å². The van der Waals surface area contributed by atoms with Gasteiger partial charge >= 0.3 is 0 Å². The molecule has 0 radical (unpaired) electrons. The van der Waals surface area contributed by atoms with Gasteiger partial charge in [-0.25, -0.2) is 17.5 Å². The first-order valence-corrected chi connectivity index (χ1v) is 8.47. The molecule has 1 aliphatic carbocycles. The summed E-state index contributed by atoms with van der Waals surface area (Å²) in [5.74, 6) is -0.401. The van der Waals surface area contributed by atoms with Crippen molar-refractivity contribution in [2.45, 2.75) is 36.6 Å². The topological polar surface area (TPSA) is 72.2 Å². The summed E-state index contributed by atoms with van der Waals surface area (Å²) < 4.78 is 40.4. The van der Waals surface area contributed by atoms with Gasteiger partial charge in [0.15, 0.2) is 0 Å². The van der Waals surface area contributed by atoms with Crippen LogP contribution in [0.5, 0.6) is 0 Å². The molecular weight excluding hydrogens is 338 g/mol. The van der Waals surface area contributed by atoms with Crippen LogP contribution >= 0.6 is 24.0 Å². The van der Waals surface area contributed by atoms with Gasteiger partial charge in [0.1, 0.15) is 10.7 Å². The Kier molecular flexibility index (Phi) is 6.87. The summed E-state index contributed by atoms with van der Waals surface area (Å²) in [6.45, 7) is 0.219. The summed E-state index contributed by atoms with van der Waals surface area (Å²) in [7, 11) is -3.86. The van der Waals surface area contributed by atoms with E-state index in [1.165, 1.54) is 6.07 Å². The Morgan fingerprint density at radius 2 is 2.00 bits per heavy atom. The monoisotopic (exact) mass is 356 g/mol. The van der Waals surface area contributed by atoms with Crippen LogP contribution < -0.4 is 10.5 Å². The third-order valence-corrected chi connectivity index (χ3v) is 5.68. The standard InChI is InChI=1S/C13H18ClFN2O2S.ClH/c14-11-6-5-10(15)7-13(11)20(18,19)17-12(8-16)9-3-1-2-4-9;/h5-7,9,12,17H,1-4,8,16H2;1H. The Morgan fingerprint density at radius 1 is 1.38 bits per heavy atom. The number of hydrogen-bond acceptors (Lipinski definition) is 3. The predicted octanol–water partition coefficient (Wildman–Crippen LogP) is 2.70. The van der Waals surface area contributed by atoms with Crippen molar-refractivity contribution in [1.82, 2.24) is 4.72 Å². The largest absolute Gasteiger partial charge is 0.329 e. The van der Waals surface area contributed by atoms with E-state index in [4.69, 9.17) is 17.3 Å². The van der Waals surface area contributed by atoms with Crippen molar-refractivity contribution in [3.63, 3.8) is 0 Å². The van der Waals surface area contributed by atoms with Crippen LogP contribution in [0.15, 0.2) is 23.1 Å². The molecule has 0 heterocycles. The SMILES string of the molecule is Cl.NCC(NS(=O)(=O)c1cc(F)ccc1Cl)C1CCCC1. The average Bonchev–Trinajstić information content (AvgIpc) is 2.92. The van der Waals surface area contributed by atoms with Gasteiger partial charge in [0, 0.05) is 12.6 Å². The minimum absolute atomic E-state index is 0. The van der Waals surface area contributed by atoms with E-state index in [0.29, 0.717) is 0 Å². The van der Waals surface area contributed by atoms with E-state index in [1.807, 2.05) is 0 Å². The van der Waals surface area contributed by atoms with E-state index in [-0.39, 0.29) is 40.8 Å². The lowest BCUT2D eigenvalue weighted by molar-refractivity contribution is 0.405. The second-order valence-electron chi connectivity index (χ2n) is 5.08. The van der Waals surface area contributed by atoms with E-state index in [2.05, 4.69) is 4.72 Å². The zero-order valence-electron chi connectivity index (χ0n) is 11.4. The third kappa shape index (κ3) is 4.53. The molecule has 0 spiro atoms. The fourth-order valence-corrected chi connectivity index (χ4v) is 4.47. The van der Waals surface area contributed by atoms with Gasteiger partial charge in [-0.3, -0.25) is 0 Å². The Bertz CT molecular complexity index is 578. The second kappa shape index (κ2) is 7.74. The number of halogens is 3. The highest BCUT2D eigenvalue weighted by Crippen LogP contribution is 2.29. The van der Waals surface area contributed by atoms with Gasteiger partial charge in [-0.2, -0.15) is 0 Å². The van der Waals surface area contributed by atoms with Crippen molar-refractivity contribution >= 4 is 34.0 Å². The Hall–Kier alpha value is -0.400. The molecule has 21 heavy (non-hydrogen) atoms. The molecule has 1 atom stereocenters. The van der Waals surface area contributed by atoms with Gasteiger partial charge in [-0.1, -0.05) is 24.4 Å². The molecule has 0 saturated heterocycles. The molecule has 1 aromatic rings. The third-order valence-electron chi connectivity index (χ3n) is 3.71. The Labute approximate surface area is 135 Å². The average molecular weight is 357 g/mol. The molecule has 4 nitrogen and oxygen atoms in total. The molecule has 0 bridgehead atoms. The number of hydrogen-bond donors (Lipinski definition) is 2. The maximum absolute atomic E-state index is 13.2. The highest BCUT2D eigenvalue weighted by atomic mass is 35.5. The molecule has 1 saturated carbocycles. The van der Waals surface area contributed by atoms with Crippen molar-refractivity contribution < 1.29 is 12.8 Å². The van der Waals surface area contributed by atoms with Gasteiger partial charge in [0.2, 0.25) is 10.0 Å². The first kappa shape index (κ1) is 18.6. The fraction of sp³-hybridized carbons (Fsp3) is 0.538. The van der Waals surface area contributed by atoms with Crippen molar-refractivity contribution in [2.75, 3.05) is 6.54 Å². The van der Waals surface area contributed by atoms with E-state index >= 15 is 0 Å². The van der Waals surface area contributed by atoms with Crippen molar-refractivity contribution in [2.24, 2.45) is 11.7 Å². The van der Waals surface area contributed by atoms with E-state index in [0.717, 1.165) is 37.8 Å². The molecule has 120 valence electrons. The van der Waals surface area contributed by atoms with Crippen molar-refractivity contribution in [1.29, 1.82) is 0 Å². The zero-order chi connectivity index (χ0) is 14.8. The number of nitrogens with one attached hydrogen (secondary N) is 1. The molecule has 1 fully saturated rings. The summed E-state index contributed by atoms with van der Waals surface area (Å²) in [4.78, 5) is -0.240. The maximum Gasteiger partial charge on any atom is 0.242 e. The minimum atomic E-state index is -3.86. The van der Waals surface area contributed by atoms with Crippen LogP contribution in [0.2, 0.25) is 5.02 Å². The molecule has 1 aliphatic rings. The first-order valence-electron chi connectivity index (χ1n) is 6.61. The van der Waals surface area contributed by atoms with Crippen LogP contribution in [-0.2, 0) is 10.0 Å². The van der Waals surface area contributed by atoms with Gasteiger partial charge in [0.05, 0.1) is 5.02 Å². The summed E-state index contributed by atoms with van der Waals surface area (Å²) >= 11 is 5.85. The predicted molar refractivity (Wildman–Crippen MR) is 83.8 cm³/mol. The maximum atomic E-state index is 13.2. The van der Waals surface area contributed by atoms with Crippen molar-refractivity contribution in [3.8, 4) is 0 Å². The van der Waals surface area contributed by atoms with Crippen molar-refractivity contribution in [3.05, 3.63) is 29.0 Å². The van der Waals surface area contributed by atoms with Crippen LogP contribution in [-0.4, -0.2) is 21.0 Å². The number of sulfonamides is 1. The lowest BCUT2D eigenvalue weighted by atomic mass is 9.99. The quantitative estimate of drug-likeness (QED) is 0.851. The van der Waals surface area contributed by atoms with Crippen LogP contribution in [0.3, 0.4) is 0 Å². The highest BCUT2D eigenvalue weighted by Gasteiger charge is 2.29. The number of rotatable bonds is 5. The van der Waals surface area contributed by atoms with Crippen LogP contribution in [0.4, 0.5) is 4.39 Å². The normalized spacial score (nSPS) is 17.5. The number of nitrogens with two attached hydrogens (primary N) is 1. The number of benzene rings is 1. The summed E-state index contributed by atoms with van der Waals surface area (Å²) in [5, 5.41) is 0.00101. The molecule has 3 N–H and O–H groups in total. The van der Waals surface area contributed by atoms with Gasteiger partial charge in [0.25, 0.3) is 0 Å². The van der Waals surface area contributed by atoms with E-state index in [9.17, 15) is 12.8 Å². The van der Waals surface area contributed by atoms with Gasteiger partial charge in [-0.05, 0) is 37.0 Å². The van der Waals surface area contributed by atoms with E-state index < -0.39 is 15.8 Å². The molecular formula is C13H19Cl2FN2O2S. The van der Waals surface area contributed by atoms with Gasteiger partial charge < -0.3 is 5.73 Å². The van der Waals surface area contributed by atoms with Crippen LogP contribution in [0.1, 0.15) is 25.7 Å². The molecule has 0 amide bonds.